The minimum absolute atomic E-state index is 0.0460. The van der Waals surface area contributed by atoms with E-state index in [0.717, 1.165) is 19.3 Å². The number of ether oxygens (including phenoxy) is 1. The monoisotopic (exact) mass is 576 g/mol. The van der Waals surface area contributed by atoms with E-state index in [9.17, 15) is 29.7 Å². The molecule has 4 rings (SSSR count). The molecule has 2 saturated carbocycles. The van der Waals surface area contributed by atoms with Crippen LogP contribution in [-0.2, 0) is 25.5 Å². The molecular weight excluding hydrogens is 532 g/mol. The molecule has 1 heterocycles. The number of hydrogen-bond acceptors (Lipinski definition) is 8. The first-order chi connectivity index (χ1) is 18.8. The molecule has 3 fully saturated rings. The molecule has 10 heteroatoms. The maximum absolute atomic E-state index is 13.8. The Morgan fingerprint density at radius 2 is 1.90 bits per heavy atom. The van der Waals surface area contributed by atoms with Crippen LogP contribution in [0.5, 0.6) is 11.5 Å². The quantitative estimate of drug-likeness (QED) is 0.246. The Bertz CT molecular complexity index is 1130. The van der Waals surface area contributed by atoms with E-state index in [4.69, 9.17) is 4.74 Å². The summed E-state index contributed by atoms with van der Waals surface area (Å²) in [5.41, 5.74) is 0.486. The second kappa shape index (κ2) is 11.8. The van der Waals surface area contributed by atoms with Gasteiger partial charge in [-0.05, 0) is 73.8 Å². The number of likely N-dealkylation sites (tertiary alicyclic amines) is 1. The molecule has 3 aliphatic rings. The highest BCUT2D eigenvalue weighted by molar-refractivity contribution is 7.99. The van der Waals surface area contributed by atoms with E-state index in [0.29, 0.717) is 37.3 Å². The second-order valence-electron chi connectivity index (χ2n) is 12.6. The normalized spacial score (nSPS) is 29.1. The number of carbonyl (C=O) groups is 3. The van der Waals surface area contributed by atoms with E-state index in [1.54, 1.807) is 16.7 Å². The Morgan fingerprint density at radius 1 is 1.18 bits per heavy atom. The molecule has 2 amide bonds. The summed E-state index contributed by atoms with van der Waals surface area (Å²) >= 11 is 1.56. The fourth-order valence-electron chi connectivity index (χ4n) is 6.93. The summed E-state index contributed by atoms with van der Waals surface area (Å²) in [6, 6.07) is 2.47. The molecular formula is C30H44N2O7S. The van der Waals surface area contributed by atoms with Crippen LogP contribution in [0.25, 0.3) is 0 Å². The van der Waals surface area contributed by atoms with Crippen LogP contribution < -0.4 is 5.32 Å². The van der Waals surface area contributed by atoms with Gasteiger partial charge in [0.05, 0.1) is 0 Å². The number of phenolic OH excluding ortho intramolecular Hbond substituents is 2. The number of phenols is 2. The number of hydrogen-bond donors (Lipinski definition) is 4. The number of esters is 1. The van der Waals surface area contributed by atoms with Gasteiger partial charge in [-0.1, -0.05) is 33.8 Å². The highest BCUT2D eigenvalue weighted by Gasteiger charge is 2.63. The summed E-state index contributed by atoms with van der Waals surface area (Å²) in [6.45, 7) is 9.12. The van der Waals surface area contributed by atoms with Crippen molar-refractivity contribution in [2.75, 3.05) is 12.8 Å². The van der Waals surface area contributed by atoms with Crippen LogP contribution in [-0.4, -0.2) is 80.3 Å². The van der Waals surface area contributed by atoms with E-state index in [-0.39, 0.29) is 52.0 Å². The average molecular weight is 577 g/mol. The Labute approximate surface area is 241 Å². The summed E-state index contributed by atoms with van der Waals surface area (Å²) in [4.78, 5) is 41.8. The summed E-state index contributed by atoms with van der Waals surface area (Å²) in [7, 11) is 0. The molecule has 40 heavy (non-hydrogen) atoms. The predicted molar refractivity (Wildman–Crippen MR) is 153 cm³/mol. The van der Waals surface area contributed by atoms with Crippen molar-refractivity contribution in [2.24, 2.45) is 16.7 Å². The van der Waals surface area contributed by atoms with E-state index in [1.807, 2.05) is 13.2 Å². The number of rotatable bonds is 10. The van der Waals surface area contributed by atoms with E-state index < -0.39 is 24.1 Å². The van der Waals surface area contributed by atoms with Gasteiger partial charge in [-0.25, -0.2) is 4.79 Å². The molecule has 4 unspecified atom stereocenters. The van der Waals surface area contributed by atoms with Crippen LogP contribution in [0, 0.1) is 16.7 Å². The Morgan fingerprint density at radius 3 is 2.50 bits per heavy atom. The largest absolute Gasteiger partial charge is 0.504 e. The highest BCUT2D eigenvalue weighted by atomic mass is 32.2. The van der Waals surface area contributed by atoms with Crippen molar-refractivity contribution in [3.63, 3.8) is 0 Å². The van der Waals surface area contributed by atoms with Gasteiger partial charge >= 0.3 is 5.97 Å². The fourth-order valence-corrected chi connectivity index (χ4v) is 7.32. The van der Waals surface area contributed by atoms with Gasteiger partial charge in [0.1, 0.15) is 24.3 Å². The molecule has 1 aromatic carbocycles. The van der Waals surface area contributed by atoms with Crippen LogP contribution in [0.1, 0.15) is 71.8 Å². The van der Waals surface area contributed by atoms with E-state index in [1.165, 1.54) is 18.2 Å². The number of fused-ring (bicyclic) bond motifs is 2. The number of aliphatic hydroxyl groups is 1. The van der Waals surface area contributed by atoms with Crippen molar-refractivity contribution < 1.29 is 34.4 Å². The van der Waals surface area contributed by atoms with Crippen LogP contribution in [0.4, 0.5) is 0 Å². The number of amides is 2. The van der Waals surface area contributed by atoms with Gasteiger partial charge in [0.2, 0.25) is 11.8 Å². The Hall–Kier alpha value is -2.46. The number of carbonyl (C=O) groups excluding carboxylic acids is 3. The molecule has 0 radical (unpaired) electrons. The van der Waals surface area contributed by atoms with Gasteiger partial charge in [-0.3, -0.25) is 9.59 Å². The molecule has 0 aromatic heterocycles. The second-order valence-corrected chi connectivity index (χ2v) is 13.9. The Kier molecular flexibility index (Phi) is 9.00. The summed E-state index contributed by atoms with van der Waals surface area (Å²) < 4.78 is 6.13. The van der Waals surface area contributed by atoms with Crippen LogP contribution in [0.15, 0.2) is 18.2 Å². The number of nitrogens with one attached hydrogen (secondary N) is 1. The molecule has 222 valence electrons. The number of aromatic hydroxyl groups is 2. The molecule has 2 bridgehead atoms. The van der Waals surface area contributed by atoms with Gasteiger partial charge in [0, 0.05) is 23.6 Å². The van der Waals surface area contributed by atoms with Crippen molar-refractivity contribution in [1.82, 2.24) is 10.2 Å². The predicted octanol–water partition coefficient (Wildman–Crippen LogP) is 3.38. The maximum atomic E-state index is 13.8. The average Bonchev–Trinajstić information content (AvgIpc) is 3.53. The van der Waals surface area contributed by atoms with Crippen molar-refractivity contribution >= 4 is 29.5 Å². The number of aliphatic hydroxyl groups excluding tert-OH is 1. The summed E-state index contributed by atoms with van der Waals surface area (Å²) in [5.74, 6) is -1.53. The van der Waals surface area contributed by atoms with Crippen molar-refractivity contribution in [1.29, 1.82) is 0 Å². The third-order valence-electron chi connectivity index (χ3n) is 10.1. The lowest BCUT2D eigenvalue weighted by atomic mass is 9.70. The standard InChI is InChI=1S/C30H44N2O7S/c1-17(40-5)13-20(31-26(36)24(35)15-18-8-9-22(33)23(34)14-18)27(37)32-12-6-7-21(32)28(38)39-25-16-19-10-11-30(25,4)29(19,2)3/h8-9,14,17,19-21,24-25,33-35H,6-7,10-13,15-16H2,1-5H3,(H,31,36)/t17?,19?,20-,21-,24+,25?,30?/m0/s1. The topological polar surface area (TPSA) is 136 Å². The number of nitrogens with zero attached hydrogens (tertiary/aromatic N) is 1. The highest BCUT2D eigenvalue weighted by Crippen LogP contribution is 2.66. The Balaban J connectivity index is 1.43. The molecule has 0 spiro atoms. The minimum atomic E-state index is -1.47. The third-order valence-corrected chi connectivity index (χ3v) is 11.1. The van der Waals surface area contributed by atoms with Gasteiger partial charge < -0.3 is 30.3 Å². The zero-order valence-electron chi connectivity index (χ0n) is 24.2. The lowest BCUT2D eigenvalue weighted by Gasteiger charge is -2.39. The number of thioether (sulfide) groups is 1. The van der Waals surface area contributed by atoms with Crippen molar-refractivity contribution in [3.05, 3.63) is 23.8 Å². The first-order valence-electron chi connectivity index (χ1n) is 14.3. The zero-order chi connectivity index (χ0) is 29.4. The third kappa shape index (κ3) is 5.79. The smallest absolute Gasteiger partial charge is 0.329 e. The molecule has 9 nitrogen and oxygen atoms in total. The van der Waals surface area contributed by atoms with Gasteiger partial charge in [-0.15, -0.1) is 0 Å². The van der Waals surface area contributed by atoms with Gasteiger partial charge in [0.15, 0.2) is 11.5 Å². The SMILES string of the molecule is CSC(C)C[C@H](NC(=O)[C@H](O)Cc1ccc(O)c(O)c1)C(=O)N1CCC[C@H]1C(=O)OC1CC2CCC1(C)C2(C)C. The molecule has 7 atom stereocenters. The van der Waals surface area contributed by atoms with Crippen LogP contribution in [0.3, 0.4) is 0 Å². The minimum Gasteiger partial charge on any atom is -0.504 e. The number of benzene rings is 1. The van der Waals surface area contributed by atoms with Crippen LogP contribution in [0.2, 0.25) is 0 Å². The maximum Gasteiger partial charge on any atom is 0.329 e. The van der Waals surface area contributed by atoms with Crippen molar-refractivity contribution in [2.45, 2.75) is 102 Å². The first kappa shape index (κ1) is 30.5. The van der Waals surface area contributed by atoms with Gasteiger partial charge in [-0.2, -0.15) is 11.8 Å². The molecule has 1 saturated heterocycles. The lowest BCUT2D eigenvalue weighted by Crippen LogP contribution is -2.54. The van der Waals surface area contributed by atoms with Crippen molar-refractivity contribution in [3.8, 4) is 11.5 Å². The summed E-state index contributed by atoms with van der Waals surface area (Å²) in [6.07, 6.45) is 4.77. The van der Waals surface area contributed by atoms with E-state index >= 15 is 0 Å². The molecule has 4 N–H and O–H groups in total. The van der Waals surface area contributed by atoms with Crippen LogP contribution >= 0.6 is 11.8 Å². The molecule has 2 aliphatic carbocycles. The zero-order valence-corrected chi connectivity index (χ0v) is 25.0. The van der Waals surface area contributed by atoms with Gasteiger partial charge in [0.25, 0.3) is 0 Å². The fraction of sp³-hybridized carbons (Fsp3) is 0.700. The van der Waals surface area contributed by atoms with E-state index in [2.05, 4.69) is 26.1 Å². The lowest BCUT2D eigenvalue weighted by molar-refractivity contribution is -0.165. The molecule has 1 aromatic rings. The first-order valence-corrected chi connectivity index (χ1v) is 15.6. The molecule has 1 aliphatic heterocycles. The summed E-state index contributed by atoms with van der Waals surface area (Å²) in [5, 5.41) is 32.6.